The van der Waals surface area contributed by atoms with Gasteiger partial charge in [0.05, 0.1) is 26.2 Å². The Bertz CT molecular complexity index is 405. The van der Waals surface area contributed by atoms with Crippen LogP contribution in [0.15, 0.2) is 0 Å². The number of imide groups is 1. The van der Waals surface area contributed by atoms with E-state index in [1.807, 2.05) is 20.8 Å². The third kappa shape index (κ3) is 7.05. The van der Waals surface area contributed by atoms with Gasteiger partial charge in [-0.15, -0.1) is 0 Å². The van der Waals surface area contributed by atoms with Crippen molar-refractivity contribution < 1.29 is 24.2 Å². The quantitative estimate of drug-likeness (QED) is 0.663. The predicted molar refractivity (Wildman–Crippen MR) is 74.9 cm³/mol. The van der Waals surface area contributed by atoms with E-state index in [4.69, 9.17) is 9.84 Å². The molecule has 1 heterocycles. The lowest BCUT2D eigenvalue weighted by molar-refractivity contribution is -0.141. The van der Waals surface area contributed by atoms with Crippen molar-refractivity contribution in [2.24, 2.45) is 0 Å². The minimum absolute atomic E-state index is 0.0289. The van der Waals surface area contributed by atoms with Gasteiger partial charge in [0.1, 0.15) is 0 Å². The molecule has 0 aliphatic carbocycles. The SMILES string of the molecule is CC(C)(C)NC(=O)NC(=O)CN1CCOCC1CC(=O)O. The molecule has 1 aliphatic rings. The molecule has 0 aromatic heterocycles. The van der Waals surface area contributed by atoms with E-state index in [1.165, 1.54) is 0 Å². The van der Waals surface area contributed by atoms with E-state index in [2.05, 4.69) is 10.6 Å². The minimum atomic E-state index is -0.943. The Kier molecular flexibility index (Phi) is 6.10. The predicted octanol–water partition coefficient (Wildman–Crippen LogP) is -0.214. The smallest absolute Gasteiger partial charge is 0.321 e. The topological polar surface area (TPSA) is 108 Å². The number of carboxylic acid groups (broad SMARTS) is 1. The van der Waals surface area contributed by atoms with Gasteiger partial charge in [0.15, 0.2) is 0 Å². The van der Waals surface area contributed by atoms with E-state index in [-0.39, 0.29) is 25.6 Å². The molecule has 21 heavy (non-hydrogen) atoms. The molecule has 3 amide bonds. The molecule has 1 rings (SSSR count). The fourth-order valence-electron chi connectivity index (χ4n) is 2.01. The van der Waals surface area contributed by atoms with Crippen LogP contribution in [-0.4, -0.2) is 65.8 Å². The van der Waals surface area contributed by atoms with Crippen LogP contribution in [0, 0.1) is 0 Å². The van der Waals surface area contributed by atoms with E-state index in [9.17, 15) is 14.4 Å². The van der Waals surface area contributed by atoms with Crippen LogP contribution in [0.4, 0.5) is 4.79 Å². The molecule has 1 aliphatic heterocycles. The van der Waals surface area contributed by atoms with Gasteiger partial charge in [-0.05, 0) is 20.8 Å². The van der Waals surface area contributed by atoms with Crippen LogP contribution in [0.1, 0.15) is 27.2 Å². The van der Waals surface area contributed by atoms with Crippen LogP contribution in [0.25, 0.3) is 0 Å². The van der Waals surface area contributed by atoms with E-state index < -0.39 is 23.4 Å². The summed E-state index contributed by atoms with van der Waals surface area (Å²) in [7, 11) is 0. The van der Waals surface area contributed by atoms with Crippen molar-refractivity contribution in [1.29, 1.82) is 0 Å². The van der Waals surface area contributed by atoms with E-state index in [0.717, 1.165) is 0 Å². The Morgan fingerprint density at radius 1 is 1.33 bits per heavy atom. The van der Waals surface area contributed by atoms with Crippen molar-refractivity contribution in [2.45, 2.75) is 38.8 Å². The Morgan fingerprint density at radius 2 is 2.00 bits per heavy atom. The highest BCUT2D eigenvalue weighted by Gasteiger charge is 2.27. The maximum Gasteiger partial charge on any atom is 0.321 e. The van der Waals surface area contributed by atoms with Crippen LogP contribution >= 0.6 is 0 Å². The second-order valence-electron chi connectivity index (χ2n) is 6.05. The van der Waals surface area contributed by atoms with Crippen LogP contribution < -0.4 is 10.6 Å². The number of urea groups is 1. The summed E-state index contributed by atoms with van der Waals surface area (Å²) in [5, 5.41) is 13.7. The number of carboxylic acids is 1. The summed E-state index contributed by atoms with van der Waals surface area (Å²) in [4.78, 5) is 35.9. The third-order valence-corrected chi connectivity index (χ3v) is 2.85. The molecule has 8 heteroatoms. The molecule has 0 saturated carbocycles. The highest BCUT2D eigenvalue weighted by molar-refractivity contribution is 5.95. The van der Waals surface area contributed by atoms with E-state index in [1.54, 1.807) is 4.90 Å². The monoisotopic (exact) mass is 301 g/mol. The highest BCUT2D eigenvalue weighted by atomic mass is 16.5. The van der Waals surface area contributed by atoms with Gasteiger partial charge in [0.25, 0.3) is 0 Å². The standard InChI is InChI=1S/C13H23N3O5/c1-13(2,3)15-12(20)14-10(17)7-16-4-5-21-8-9(16)6-11(18)19/h9H,4-8H2,1-3H3,(H,18,19)(H2,14,15,17,20). The van der Waals surface area contributed by atoms with Gasteiger partial charge in [-0.25, -0.2) is 4.79 Å². The normalized spacial score (nSPS) is 19.9. The number of hydrogen-bond donors (Lipinski definition) is 3. The first kappa shape index (κ1) is 17.4. The molecule has 0 bridgehead atoms. The Hall–Kier alpha value is -1.67. The fourth-order valence-corrected chi connectivity index (χ4v) is 2.01. The first-order valence-corrected chi connectivity index (χ1v) is 6.83. The van der Waals surface area contributed by atoms with E-state index >= 15 is 0 Å². The van der Waals surface area contributed by atoms with Crippen LogP contribution in [0.3, 0.4) is 0 Å². The number of hydrogen-bond acceptors (Lipinski definition) is 5. The average Bonchev–Trinajstić information content (AvgIpc) is 2.28. The number of nitrogens with zero attached hydrogens (tertiary/aromatic N) is 1. The number of ether oxygens (including phenoxy) is 1. The number of aliphatic carboxylic acids is 1. The average molecular weight is 301 g/mol. The van der Waals surface area contributed by atoms with Gasteiger partial charge in [0.2, 0.25) is 5.91 Å². The number of morpholine rings is 1. The summed E-state index contributed by atoms with van der Waals surface area (Å²) in [6, 6.07) is -0.914. The Balaban J connectivity index is 2.48. The van der Waals surface area contributed by atoms with E-state index in [0.29, 0.717) is 13.2 Å². The zero-order valence-corrected chi connectivity index (χ0v) is 12.6. The van der Waals surface area contributed by atoms with Gasteiger partial charge in [-0.3, -0.25) is 19.8 Å². The number of nitrogens with one attached hydrogen (secondary N) is 2. The van der Waals surface area contributed by atoms with Crippen LogP contribution in [0.5, 0.6) is 0 Å². The van der Waals surface area contributed by atoms with Gasteiger partial charge < -0.3 is 15.2 Å². The molecule has 0 radical (unpaired) electrons. The molecular weight excluding hydrogens is 278 g/mol. The zero-order valence-electron chi connectivity index (χ0n) is 12.6. The lowest BCUT2D eigenvalue weighted by Gasteiger charge is -2.34. The van der Waals surface area contributed by atoms with Crippen molar-refractivity contribution in [2.75, 3.05) is 26.3 Å². The van der Waals surface area contributed by atoms with Crippen molar-refractivity contribution in [1.82, 2.24) is 15.5 Å². The second kappa shape index (κ2) is 7.37. The number of carbonyl (C=O) groups is 3. The maximum absolute atomic E-state index is 11.8. The van der Waals surface area contributed by atoms with Gasteiger partial charge in [-0.2, -0.15) is 0 Å². The Morgan fingerprint density at radius 3 is 2.57 bits per heavy atom. The summed E-state index contributed by atoms with van der Waals surface area (Å²) >= 11 is 0. The summed E-state index contributed by atoms with van der Waals surface area (Å²) in [5.41, 5.74) is -0.435. The zero-order chi connectivity index (χ0) is 16.0. The summed E-state index contributed by atoms with van der Waals surface area (Å²) in [6.07, 6.45) is -0.0958. The summed E-state index contributed by atoms with van der Waals surface area (Å²) in [5.74, 6) is -1.41. The number of amides is 3. The fraction of sp³-hybridized carbons (Fsp3) is 0.769. The lowest BCUT2D eigenvalue weighted by atomic mass is 10.1. The number of rotatable bonds is 4. The molecule has 1 saturated heterocycles. The largest absolute Gasteiger partial charge is 0.481 e. The minimum Gasteiger partial charge on any atom is -0.481 e. The van der Waals surface area contributed by atoms with Crippen LogP contribution in [0.2, 0.25) is 0 Å². The van der Waals surface area contributed by atoms with Crippen molar-refractivity contribution in [3.05, 3.63) is 0 Å². The second-order valence-corrected chi connectivity index (χ2v) is 6.05. The molecule has 1 atom stereocenters. The molecule has 3 N–H and O–H groups in total. The summed E-state index contributed by atoms with van der Waals surface area (Å²) in [6.45, 7) is 6.57. The van der Waals surface area contributed by atoms with Crippen molar-refractivity contribution in [3.8, 4) is 0 Å². The molecule has 120 valence electrons. The Labute approximate surface area is 123 Å². The molecule has 0 aromatic carbocycles. The maximum atomic E-state index is 11.8. The molecule has 8 nitrogen and oxygen atoms in total. The highest BCUT2D eigenvalue weighted by Crippen LogP contribution is 2.10. The van der Waals surface area contributed by atoms with Gasteiger partial charge in [-0.1, -0.05) is 0 Å². The molecular formula is C13H23N3O5. The third-order valence-electron chi connectivity index (χ3n) is 2.85. The van der Waals surface area contributed by atoms with Crippen molar-refractivity contribution >= 4 is 17.9 Å². The molecule has 1 fully saturated rings. The van der Waals surface area contributed by atoms with Gasteiger partial charge in [0, 0.05) is 18.1 Å². The van der Waals surface area contributed by atoms with Gasteiger partial charge >= 0.3 is 12.0 Å². The molecule has 0 aromatic rings. The molecule has 1 unspecified atom stereocenters. The molecule has 0 spiro atoms. The summed E-state index contributed by atoms with van der Waals surface area (Å²) < 4.78 is 5.23. The number of carbonyl (C=O) groups excluding carboxylic acids is 2. The lowest BCUT2D eigenvalue weighted by Crippen LogP contribution is -2.53. The first-order chi connectivity index (χ1) is 9.67. The van der Waals surface area contributed by atoms with Crippen molar-refractivity contribution in [3.63, 3.8) is 0 Å². The van der Waals surface area contributed by atoms with Crippen LogP contribution in [-0.2, 0) is 14.3 Å². The first-order valence-electron chi connectivity index (χ1n) is 6.83.